The summed E-state index contributed by atoms with van der Waals surface area (Å²) in [4.78, 5) is 29.9. The second-order valence-electron chi connectivity index (χ2n) is 8.58. The number of furan rings is 1. The lowest BCUT2D eigenvalue weighted by Crippen LogP contribution is -2.45. The van der Waals surface area contributed by atoms with Crippen LogP contribution in [0.4, 0.5) is 10.5 Å². The predicted octanol–water partition coefficient (Wildman–Crippen LogP) is 5.80. The highest BCUT2D eigenvalue weighted by Crippen LogP contribution is 2.15. The summed E-state index contributed by atoms with van der Waals surface area (Å²) in [5.41, 5.74) is 2.90. The van der Waals surface area contributed by atoms with Gasteiger partial charge in [0.25, 0.3) is 0 Å². The molecule has 3 aromatic rings. The molecule has 6 heteroatoms. The summed E-state index contributed by atoms with van der Waals surface area (Å²) in [5, 5.41) is 2.97. The summed E-state index contributed by atoms with van der Waals surface area (Å²) in [7, 11) is 0. The number of nitrogens with one attached hydrogen (secondary N) is 1. The zero-order valence-corrected chi connectivity index (χ0v) is 20.4. The molecule has 1 aromatic heterocycles. The van der Waals surface area contributed by atoms with Crippen LogP contribution in [-0.2, 0) is 17.8 Å². The molecule has 0 unspecified atom stereocenters. The first-order valence-electron chi connectivity index (χ1n) is 11.9. The van der Waals surface area contributed by atoms with Gasteiger partial charge in [-0.3, -0.25) is 4.79 Å². The molecule has 0 fully saturated rings. The fourth-order valence-corrected chi connectivity index (χ4v) is 3.73. The van der Waals surface area contributed by atoms with Crippen molar-refractivity contribution in [1.82, 2.24) is 9.80 Å². The van der Waals surface area contributed by atoms with Gasteiger partial charge in [-0.05, 0) is 56.0 Å². The summed E-state index contributed by atoms with van der Waals surface area (Å²) >= 11 is 0. The van der Waals surface area contributed by atoms with Gasteiger partial charge in [0.05, 0.1) is 6.54 Å². The maximum Gasteiger partial charge on any atom is 0.322 e. The molecule has 3 rings (SSSR count). The van der Waals surface area contributed by atoms with E-state index in [1.807, 2.05) is 68.4 Å². The Hall–Kier alpha value is -3.54. The van der Waals surface area contributed by atoms with Gasteiger partial charge in [0, 0.05) is 18.8 Å². The van der Waals surface area contributed by atoms with Gasteiger partial charge in [-0.25, -0.2) is 4.79 Å². The van der Waals surface area contributed by atoms with Gasteiger partial charge >= 0.3 is 6.03 Å². The van der Waals surface area contributed by atoms with E-state index in [9.17, 15) is 9.59 Å². The lowest BCUT2D eigenvalue weighted by molar-refractivity contribution is -0.132. The second kappa shape index (κ2) is 12.6. The van der Waals surface area contributed by atoms with Crippen molar-refractivity contribution in [3.63, 3.8) is 0 Å². The van der Waals surface area contributed by atoms with E-state index in [0.29, 0.717) is 19.6 Å². The van der Waals surface area contributed by atoms with Crippen LogP contribution in [0.15, 0.2) is 71.1 Å². The molecule has 6 nitrogen and oxygen atoms in total. The third-order valence-corrected chi connectivity index (χ3v) is 5.79. The van der Waals surface area contributed by atoms with E-state index in [0.717, 1.165) is 47.6 Å². The number of aryl methyl sites for hydroxylation is 2. The number of carbonyl (C=O) groups excluding carboxylic acids is 2. The Kier molecular flexibility index (Phi) is 9.32. The predicted molar refractivity (Wildman–Crippen MR) is 136 cm³/mol. The van der Waals surface area contributed by atoms with Crippen LogP contribution in [0, 0.1) is 13.8 Å². The van der Waals surface area contributed by atoms with E-state index < -0.39 is 0 Å². The molecule has 180 valence electrons. The first-order chi connectivity index (χ1) is 16.5. The lowest BCUT2D eigenvalue weighted by Gasteiger charge is -2.27. The number of unbranched alkanes of at least 4 members (excludes halogenated alkanes) is 1. The first-order valence-corrected chi connectivity index (χ1v) is 11.9. The molecule has 0 aliphatic rings. The molecule has 3 amide bonds. The maximum atomic E-state index is 13.4. The van der Waals surface area contributed by atoms with Crippen LogP contribution in [0.2, 0.25) is 0 Å². The van der Waals surface area contributed by atoms with Crippen molar-refractivity contribution in [2.24, 2.45) is 0 Å². The number of benzene rings is 2. The van der Waals surface area contributed by atoms with Crippen LogP contribution >= 0.6 is 0 Å². The van der Waals surface area contributed by atoms with Crippen LogP contribution in [0.1, 0.15) is 42.4 Å². The highest BCUT2D eigenvalue weighted by molar-refractivity contribution is 5.93. The van der Waals surface area contributed by atoms with E-state index in [-0.39, 0.29) is 18.5 Å². The fraction of sp³-hybridized carbons (Fsp3) is 0.357. The van der Waals surface area contributed by atoms with Gasteiger partial charge in [-0.1, -0.05) is 61.9 Å². The minimum absolute atomic E-state index is 0.0200. The van der Waals surface area contributed by atoms with Crippen molar-refractivity contribution in [2.75, 3.05) is 25.0 Å². The van der Waals surface area contributed by atoms with Crippen molar-refractivity contribution < 1.29 is 14.0 Å². The van der Waals surface area contributed by atoms with Crippen molar-refractivity contribution in [3.8, 4) is 0 Å². The largest absolute Gasteiger partial charge is 0.464 e. The van der Waals surface area contributed by atoms with Crippen LogP contribution in [0.5, 0.6) is 0 Å². The molecule has 2 aromatic carbocycles. The summed E-state index contributed by atoms with van der Waals surface area (Å²) in [6.07, 6.45) is 2.50. The van der Waals surface area contributed by atoms with Crippen LogP contribution in [0.25, 0.3) is 0 Å². The lowest BCUT2D eigenvalue weighted by atomic mass is 10.1. The Morgan fingerprint density at radius 1 is 0.882 bits per heavy atom. The second-order valence-corrected chi connectivity index (χ2v) is 8.58. The summed E-state index contributed by atoms with van der Waals surface area (Å²) in [6.45, 7) is 7.38. The first kappa shape index (κ1) is 25.1. The molecule has 1 heterocycles. The van der Waals surface area contributed by atoms with E-state index in [1.54, 1.807) is 9.80 Å². The molecule has 0 aliphatic carbocycles. The zero-order chi connectivity index (χ0) is 24.3. The quantitative estimate of drug-likeness (QED) is 0.392. The number of hydrogen-bond donors (Lipinski definition) is 1. The number of urea groups is 1. The summed E-state index contributed by atoms with van der Waals surface area (Å²) in [5.74, 6) is 1.46. The van der Waals surface area contributed by atoms with Gasteiger partial charge < -0.3 is 19.5 Å². The molecule has 0 radical (unpaired) electrons. The van der Waals surface area contributed by atoms with Gasteiger partial charge in [-0.15, -0.1) is 0 Å². The van der Waals surface area contributed by atoms with E-state index in [4.69, 9.17) is 4.42 Å². The molecule has 0 aliphatic heterocycles. The molecular weight excluding hydrogens is 426 g/mol. The molecule has 0 saturated heterocycles. The van der Waals surface area contributed by atoms with Crippen LogP contribution in [-0.4, -0.2) is 41.4 Å². The van der Waals surface area contributed by atoms with Crippen molar-refractivity contribution >= 4 is 17.6 Å². The third-order valence-electron chi connectivity index (χ3n) is 5.79. The number of hydrogen-bond acceptors (Lipinski definition) is 3. The topological polar surface area (TPSA) is 65.8 Å². The summed E-state index contributed by atoms with van der Waals surface area (Å²) < 4.78 is 5.74. The SMILES string of the molecule is CCCCN(CC(=O)N(CCc1ccccc1)Cc1ccc(C)o1)C(=O)Nc1ccccc1C. The monoisotopic (exact) mass is 461 g/mol. The van der Waals surface area contributed by atoms with Crippen LogP contribution in [0.3, 0.4) is 0 Å². The Balaban J connectivity index is 1.72. The van der Waals surface area contributed by atoms with Crippen LogP contribution < -0.4 is 5.32 Å². The number of amides is 3. The number of rotatable bonds is 11. The minimum Gasteiger partial charge on any atom is -0.464 e. The molecule has 34 heavy (non-hydrogen) atoms. The molecular formula is C28H35N3O3. The maximum absolute atomic E-state index is 13.4. The molecule has 0 bridgehead atoms. The van der Waals surface area contributed by atoms with Gasteiger partial charge in [0.1, 0.15) is 18.1 Å². The highest BCUT2D eigenvalue weighted by atomic mass is 16.3. The van der Waals surface area contributed by atoms with Gasteiger partial charge in [0.15, 0.2) is 0 Å². The van der Waals surface area contributed by atoms with Gasteiger partial charge in [0.2, 0.25) is 5.91 Å². The Morgan fingerprint density at radius 2 is 1.62 bits per heavy atom. The standard InChI is InChI=1S/C28H35N3O3/c1-4-5-18-31(28(33)29-26-14-10-9-11-22(26)2)21-27(32)30(20-25-16-15-23(3)34-25)19-17-24-12-7-6-8-13-24/h6-16H,4-5,17-21H2,1-3H3,(H,29,33). The normalized spacial score (nSPS) is 10.7. The number of carbonyl (C=O) groups is 2. The average Bonchev–Trinajstić information content (AvgIpc) is 3.25. The van der Waals surface area contributed by atoms with E-state index >= 15 is 0 Å². The number of anilines is 1. The Labute approximate surface area is 202 Å². The minimum atomic E-state index is -0.257. The van der Waals surface area contributed by atoms with Crippen molar-refractivity contribution in [1.29, 1.82) is 0 Å². The summed E-state index contributed by atoms with van der Waals surface area (Å²) in [6, 6.07) is 21.3. The zero-order valence-electron chi connectivity index (χ0n) is 20.4. The average molecular weight is 462 g/mol. The van der Waals surface area contributed by atoms with Gasteiger partial charge in [-0.2, -0.15) is 0 Å². The highest BCUT2D eigenvalue weighted by Gasteiger charge is 2.22. The number of nitrogens with zero attached hydrogens (tertiary/aromatic N) is 2. The van der Waals surface area contributed by atoms with Crippen molar-refractivity contribution in [2.45, 2.75) is 46.6 Å². The molecule has 0 saturated carbocycles. The van der Waals surface area contributed by atoms with Crippen molar-refractivity contribution in [3.05, 3.63) is 89.4 Å². The fourth-order valence-electron chi connectivity index (χ4n) is 3.73. The molecule has 0 atom stereocenters. The Morgan fingerprint density at radius 3 is 2.29 bits per heavy atom. The number of para-hydroxylation sites is 1. The third kappa shape index (κ3) is 7.51. The molecule has 0 spiro atoms. The Bertz CT molecular complexity index is 1060. The molecule has 1 N–H and O–H groups in total. The smallest absolute Gasteiger partial charge is 0.322 e. The van der Waals surface area contributed by atoms with E-state index in [2.05, 4.69) is 24.4 Å². The van der Waals surface area contributed by atoms with E-state index in [1.165, 1.54) is 0 Å².